The monoisotopic (exact) mass is 618 g/mol. The lowest BCUT2D eigenvalue weighted by atomic mass is 9.76. The molecule has 242 valence electrons. The lowest BCUT2D eigenvalue weighted by Gasteiger charge is -2.35. The summed E-state index contributed by atoms with van der Waals surface area (Å²) < 4.78 is 14.1. The van der Waals surface area contributed by atoms with Crippen LogP contribution in [0.4, 0.5) is 10.1 Å². The second-order valence-electron chi connectivity index (χ2n) is 13.7. The molecule has 0 saturated carbocycles. The van der Waals surface area contributed by atoms with Gasteiger partial charge in [0, 0.05) is 36.7 Å². The minimum Gasteiger partial charge on any atom is -0.481 e. The van der Waals surface area contributed by atoms with Crippen molar-refractivity contribution in [3.63, 3.8) is 0 Å². The van der Waals surface area contributed by atoms with E-state index >= 15 is 0 Å². The van der Waals surface area contributed by atoms with Crippen LogP contribution in [0.1, 0.15) is 70.5 Å². The highest BCUT2D eigenvalue weighted by Gasteiger charge is 2.53. The van der Waals surface area contributed by atoms with Crippen LogP contribution in [0.2, 0.25) is 0 Å². The third-order valence-electron chi connectivity index (χ3n) is 9.08. The first kappa shape index (κ1) is 34.3. The summed E-state index contributed by atoms with van der Waals surface area (Å²) in [6.07, 6.45) is -2.04. The highest BCUT2D eigenvalue weighted by molar-refractivity contribution is 5.94. The second-order valence-corrected chi connectivity index (χ2v) is 13.7. The molecule has 4 rings (SSSR count). The minimum absolute atomic E-state index is 0.0354. The first-order valence-corrected chi connectivity index (χ1v) is 15.8. The van der Waals surface area contributed by atoms with Crippen LogP contribution >= 0.6 is 0 Å². The van der Waals surface area contributed by atoms with Crippen LogP contribution in [0.15, 0.2) is 84.9 Å². The highest BCUT2D eigenvalue weighted by Crippen LogP contribution is 2.53. The molecule has 1 aliphatic heterocycles. The first-order valence-electron chi connectivity index (χ1n) is 15.8. The number of carboxylic acids is 1. The van der Waals surface area contributed by atoms with E-state index in [4.69, 9.17) is 0 Å². The molecule has 45 heavy (non-hydrogen) atoms. The van der Waals surface area contributed by atoms with Gasteiger partial charge in [-0.15, -0.1) is 0 Å². The Labute approximate surface area is 266 Å². The lowest BCUT2D eigenvalue weighted by molar-refractivity contribution is -0.152. The van der Waals surface area contributed by atoms with Crippen LogP contribution in [0.25, 0.3) is 0 Å². The van der Waals surface area contributed by atoms with Gasteiger partial charge < -0.3 is 20.6 Å². The van der Waals surface area contributed by atoms with Crippen molar-refractivity contribution < 1.29 is 29.3 Å². The maximum atomic E-state index is 14.3. The number of hydrogen-bond acceptors (Lipinski definition) is 5. The molecule has 1 fully saturated rings. The summed E-state index contributed by atoms with van der Waals surface area (Å²) in [5, 5.41) is 34.9. The Balaban J connectivity index is 1.72. The van der Waals surface area contributed by atoms with E-state index in [1.807, 2.05) is 60.7 Å². The largest absolute Gasteiger partial charge is 0.481 e. The number of rotatable bonds is 12. The fourth-order valence-electron chi connectivity index (χ4n) is 7.22. The molecule has 0 radical (unpaired) electrons. The van der Waals surface area contributed by atoms with Gasteiger partial charge in [0.1, 0.15) is 5.82 Å². The van der Waals surface area contributed by atoms with Crippen molar-refractivity contribution in [2.75, 3.05) is 11.9 Å². The maximum absolute atomic E-state index is 14.3. The Bertz CT molecular complexity index is 1390. The predicted octanol–water partition coefficient (Wildman–Crippen LogP) is 6.49. The molecule has 7 nitrogen and oxygen atoms in total. The van der Waals surface area contributed by atoms with Crippen molar-refractivity contribution in [1.29, 1.82) is 0 Å². The van der Waals surface area contributed by atoms with E-state index in [-0.39, 0.29) is 48.5 Å². The molecule has 4 N–H and O–H groups in total. The molecule has 3 aromatic rings. The van der Waals surface area contributed by atoms with Crippen molar-refractivity contribution in [2.45, 2.75) is 77.7 Å². The summed E-state index contributed by atoms with van der Waals surface area (Å²) in [6, 6.07) is 25.1. The molecule has 5 unspecified atom stereocenters. The molecule has 0 aliphatic carbocycles. The zero-order valence-electron chi connectivity index (χ0n) is 26.8. The molecule has 0 bridgehead atoms. The van der Waals surface area contributed by atoms with Gasteiger partial charge in [0.25, 0.3) is 0 Å². The average molecular weight is 619 g/mol. The van der Waals surface area contributed by atoms with Crippen molar-refractivity contribution >= 4 is 17.6 Å². The summed E-state index contributed by atoms with van der Waals surface area (Å²) >= 11 is 0. The van der Waals surface area contributed by atoms with Gasteiger partial charge in [0.2, 0.25) is 5.91 Å². The number of nitrogens with one attached hydrogen (secondary N) is 1. The number of para-hydroxylation sites is 1. The Morgan fingerprint density at radius 2 is 1.47 bits per heavy atom. The SMILES string of the molecule is CC(C)C1C(C(=O)Nc2ccccc2)C(c2ccccc2)C(c2ccc(F)cc2)N1CC[C@@H](O)C[C@H](O)C(C(=O)O)C(C)(C)C. The number of benzene rings is 3. The summed E-state index contributed by atoms with van der Waals surface area (Å²) in [4.78, 5) is 28.5. The number of aliphatic hydroxyl groups is 2. The highest BCUT2D eigenvalue weighted by atomic mass is 19.1. The minimum atomic E-state index is -1.23. The number of anilines is 1. The number of halogens is 1. The zero-order valence-corrected chi connectivity index (χ0v) is 26.8. The summed E-state index contributed by atoms with van der Waals surface area (Å²) in [5.74, 6) is -3.34. The van der Waals surface area contributed by atoms with Crippen molar-refractivity contribution in [2.24, 2.45) is 23.2 Å². The third kappa shape index (κ3) is 8.17. The van der Waals surface area contributed by atoms with E-state index in [1.54, 1.807) is 32.9 Å². The number of carbonyl (C=O) groups is 2. The van der Waals surface area contributed by atoms with Crippen LogP contribution in [-0.2, 0) is 9.59 Å². The van der Waals surface area contributed by atoms with Gasteiger partial charge in [-0.3, -0.25) is 14.5 Å². The van der Waals surface area contributed by atoms with E-state index < -0.39 is 35.4 Å². The topological polar surface area (TPSA) is 110 Å². The van der Waals surface area contributed by atoms with E-state index in [2.05, 4.69) is 24.1 Å². The number of nitrogens with zero attached hydrogens (tertiary/aromatic N) is 1. The summed E-state index contributed by atoms with van der Waals surface area (Å²) in [7, 11) is 0. The quantitative estimate of drug-likeness (QED) is 0.185. The fourth-order valence-corrected chi connectivity index (χ4v) is 7.22. The lowest BCUT2D eigenvalue weighted by Crippen LogP contribution is -2.44. The van der Waals surface area contributed by atoms with E-state index in [0.29, 0.717) is 12.2 Å². The van der Waals surface area contributed by atoms with Crippen LogP contribution in [0.5, 0.6) is 0 Å². The van der Waals surface area contributed by atoms with E-state index in [9.17, 15) is 29.3 Å². The number of likely N-dealkylation sites (tertiary alicyclic amines) is 1. The van der Waals surface area contributed by atoms with Crippen LogP contribution in [0.3, 0.4) is 0 Å². The fraction of sp³-hybridized carbons (Fsp3) is 0.459. The van der Waals surface area contributed by atoms with Gasteiger partial charge in [-0.1, -0.05) is 95.3 Å². The van der Waals surface area contributed by atoms with Gasteiger partial charge in [0.15, 0.2) is 0 Å². The van der Waals surface area contributed by atoms with Crippen molar-refractivity contribution in [1.82, 2.24) is 4.90 Å². The predicted molar refractivity (Wildman–Crippen MR) is 174 cm³/mol. The number of aliphatic carboxylic acids is 1. The third-order valence-corrected chi connectivity index (χ3v) is 9.08. The molecule has 0 spiro atoms. The maximum Gasteiger partial charge on any atom is 0.309 e. The molecule has 1 saturated heterocycles. The Kier molecular flexibility index (Phi) is 11.2. The Hall–Kier alpha value is -3.59. The normalized spacial score (nSPS) is 22.6. The van der Waals surface area contributed by atoms with Gasteiger partial charge in [-0.2, -0.15) is 0 Å². The van der Waals surface area contributed by atoms with Gasteiger partial charge >= 0.3 is 5.97 Å². The van der Waals surface area contributed by atoms with Gasteiger partial charge in [-0.05, 0) is 53.1 Å². The molecular formula is C37H47FN2O5. The van der Waals surface area contributed by atoms with E-state index in [0.717, 1.165) is 11.1 Å². The number of carbonyl (C=O) groups excluding carboxylic acids is 1. The molecule has 0 aromatic heterocycles. The van der Waals surface area contributed by atoms with Crippen LogP contribution in [-0.4, -0.2) is 56.9 Å². The molecule has 8 heteroatoms. The molecule has 7 atom stereocenters. The van der Waals surface area contributed by atoms with Crippen molar-refractivity contribution in [3.05, 3.63) is 102 Å². The Morgan fingerprint density at radius 3 is 2.00 bits per heavy atom. The molecular weight excluding hydrogens is 571 g/mol. The van der Waals surface area contributed by atoms with Crippen LogP contribution < -0.4 is 5.32 Å². The molecule has 1 aliphatic rings. The number of aliphatic hydroxyl groups excluding tert-OH is 2. The first-order chi connectivity index (χ1) is 21.3. The second kappa shape index (κ2) is 14.7. The summed E-state index contributed by atoms with van der Waals surface area (Å²) in [6.45, 7) is 9.82. The zero-order chi connectivity index (χ0) is 32.9. The number of carboxylic acid groups (broad SMARTS) is 1. The smallest absolute Gasteiger partial charge is 0.309 e. The summed E-state index contributed by atoms with van der Waals surface area (Å²) in [5.41, 5.74) is 1.85. The average Bonchev–Trinajstić information content (AvgIpc) is 3.32. The van der Waals surface area contributed by atoms with Crippen molar-refractivity contribution in [3.8, 4) is 0 Å². The number of hydrogen-bond donors (Lipinski definition) is 4. The van der Waals surface area contributed by atoms with Crippen LogP contribution in [0, 0.1) is 29.0 Å². The van der Waals surface area contributed by atoms with Gasteiger partial charge in [-0.25, -0.2) is 4.39 Å². The number of amides is 1. The van der Waals surface area contributed by atoms with E-state index in [1.165, 1.54) is 12.1 Å². The molecule has 1 amide bonds. The Morgan fingerprint density at radius 1 is 0.889 bits per heavy atom. The van der Waals surface area contributed by atoms with Gasteiger partial charge in [0.05, 0.1) is 24.0 Å². The standard InChI is InChI=1S/C37H47FN2O5/c1-23(2)33-31(35(43)39-27-14-10-7-11-15-27)30(24-12-8-6-9-13-24)34(25-16-18-26(38)19-17-25)40(33)21-20-28(41)22-29(42)32(36(44)45)37(3,4)5/h6-19,23,28-34,41-42H,20-22H2,1-5H3,(H,39,43)(H,44,45)/t28-,29+,30?,31?,32?,33?,34?/m1/s1. The molecule has 1 heterocycles. The molecule has 3 aromatic carbocycles.